The van der Waals surface area contributed by atoms with Crippen LogP contribution in [0.4, 0.5) is 13.2 Å². The van der Waals surface area contributed by atoms with Gasteiger partial charge in [0.15, 0.2) is 0 Å². The minimum absolute atomic E-state index is 0.0532. The molecule has 1 N–H and O–H groups in total. The average Bonchev–Trinajstić information content (AvgIpc) is 2.59. The highest BCUT2D eigenvalue weighted by Gasteiger charge is 2.33. The number of amides is 1. The highest BCUT2D eigenvalue weighted by molar-refractivity contribution is 7.90. The van der Waals surface area contributed by atoms with Crippen LogP contribution in [0.3, 0.4) is 0 Å². The number of likely N-dealkylation sites (tertiary alicyclic amines) is 1. The van der Waals surface area contributed by atoms with Gasteiger partial charge < -0.3 is 10.2 Å². The predicted octanol–water partition coefficient (Wildman–Crippen LogP) is 3.00. The molecule has 1 aromatic rings. The minimum Gasteiger partial charge on any atom is -0.350 e. The number of nitrogens with zero attached hydrogens (tertiary/aromatic N) is 1. The van der Waals surface area contributed by atoms with Crippen molar-refractivity contribution in [1.29, 1.82) is 0 Å². The van der Waals surface area contributed by atoms with Gasteiger partial charge in [-0.2, -0.15) is 13.2 Å². The van der Waals surface area contributed by atoms with Gasteiger partial charge in [0.1, 0.15) is 9.84 Å². The van der Waals surface area contributed by atoms with Gasteiger partial charge in [-0.25, -0.2) is 8.42 Å². The van der Waals surface area contributed by atoms with Crippen LogP contribution in [0.5, 0.6) is 0 Å². The van der Waals surface area contributed by atoms with E-state index < -0.39 is 32.5 Å². The van der Waals surface area contributed by atoms with Crippen LogP contribution in [0.25, 0.3) is 6.08 Å². The number of benzene rings is 1. The van der Waals surface area contributed by atoms with Crippen molar-refractivity contribution in [3.63, 3.8) is 0 Å². The largest absolute Gasteiger partial charge is 0.417 e. The summed E-state index contributed by atoms with van der Waals surface area (Å²) in [5, 5.41) is 2.43. The summed E-state index contributed by atoms with van der Waals surface area (Å²) in [5.41, 5.74) is -0.722. The first kappa shape index (κ1) is 22.7. The maximum atomic E-state index is 12.9. The zero-order chi connectivity index (χ0) is 20.9. The number of sulfone groups is 1. The van der Waals surface area contributed by atoms with Gasteiger partial charge in [0, 0.05) is 38.0 Å². The second-order valence-electron chi connectivity index (χ2n) is 6.82. The van der Waals surface area contributed by atoms with Gasteiger partial charge in [0.25, 0.3) is 0 Å². The summed E-state index contributed by atoms with van der Waals surface area (Å²) in [6.45, 7) is 1.82. The van der Waals surface area contributed by atoms with Crippen LogP contribution in [0, 0.1) is 0 Å². The average molecular weight is 439 g/mol. The molecule has 1 amide bonds. The van der Waals surface area contributed by atoms with Crippen molar-refractivity contribution in [2.75, 3.05) is 31.6 Å². The lowest BCUT2D eigenvalue weighted by atomic mass is 10.0. The maximum absolute atomic E-state index is 12.9. The van der Waals surface area contributed by atoms with E-state index >= 15 is 0 Å². The van der Waals surface area contributed by atoms with E-state index in [4.69, 9.17) is 11.6 Å². The Labute approximate surface area is 167 Å². The van der Waals surface area contributed by atoms with Crippen molar-refractivity contribution in [3.05, 3.63) is 40.4 Å². The monoisotopic (exact) mass is 438 g/mol. The zero-order valence-corrected chi connectivity index (χ0v) is 16.9. The first-order valence-corrected chi connectivity index (χ1v) is 11.1. The summed E-state index contributed by atoms with van der Waals surface area (Å²) in [6, 6.07) is 3.39. The zero-order valence-electron chi connectivity index (χ0n) is 15.3. The minimum atomic E-state index is -4.56. The molecule has 1 aliphatic rings. The number of halogens is 4. The molecule has 0 atom stereocenters. The Hall–Kier alpha value is -1.58. The third-order valence-electron chi connectivity index (χ3n) is 4.44. The fraction of sp³-hybridized carbons (Fsp3) is 0.500. The van der Waals surface area contributed by atoms with Gasteiger partial charge in [-0.1, -0.05) is 17.7 Å². The lowest BCUT2D eigenvalue weighted by Crippen LogP contribution is -2.45. The van der Waals surface area contributed by atoms with E-state index in [9.17, 15) is 26.4 Å². The van der Waals surface area contributed by atoms with Crippen LogP contribution in [-0.4, -0.2) is 56.9 Å². The number of hydrogen-bond acceptors (Lipinski definition) is 4. The number of piperidine rings is 1. The first-order valence-electron chi connectivity index (χ1n) is 8.69. The molecule has 0 aliphatic carbocycles. The number of hydrogen-bond donors (Lipinski definition) is 1. The SMILES string of the molecule is CS(=O)(=O)CCN1CCC(NC(=O)C=Cc2ccc(Cl)c(C(F)(F)F)c2)CC1. The fourth-order valence-electron chi connectivity index (χ4n) is 2.88. The summed E-state index contributed by atoms with van der Waals surface area (Å²) in [6.07, 6.45) is 0.505. The molecule has 0 radical (unpaired) electrons. The van der Waals surface area contributed by atoms with Gasteiger partial charge in [0.2, 0.25) is 5.91 Å². The summed E-state index contributed by atoms with van der Waals surface area (Å²) >= 11 is 5.57. The third-order valence-corrected chi connectivity index (χ3v) is 5.69. The molecule has 0 saturated carbocycles. The van der Waals surface area contributed by atoms with Crippen molar-refractivity contribution < 1.29 is 26.4 Å². The number of nitrogens with one attached hydrogen (secondary N) is 1. The van der Waals surface area contributed by atoms with Gasteiger partial charge >= 0.3 is 6.18 Å². The van der Waals surface area contributed by atoms with Crippen LogP contribution in [0.2, 0.25) is 5.02 Å². The molecular weight excluding hydrogens is 417 g/mol. The summed E-state index contributed by atoms with van der Waals surface area (Å²) in [7, 11) is -3.00. The maximum Gasteiger partial charge on any atom is 0.417 e. The smallest absolute Gasteiger partial charge is 0.350 e. The van der Waals surface area contributed by atoms with Gasteiger partial charge in [-0.05, 0) is 36.6 Å². The van der Waals surface area contributed by atoms with Crippen molar-refractivity contribution in [1.82, 2.24) is 10.2 Å². The lowest BCUT2D eigenvalue weighted by molar-refractivity contribution is -0.137. The number of carbonyl (C=O) groups excluding carboxylic acids is 1. The normalized spacial score (nSPS) is 17.2. The predicted molar refractivity (Wildman–Crippen MR) is 103 cm³/mol. The van der Waals surface area contributed by atoms with Crippen LogP contribution in [0.15, 0.2) is 24.3 Å². The standard InChI is InChI=1S/C18H22ClF3N2O3S/c1-28(26,27)11-10-24-8-6-14(7-9-24)23-17(25)5-3-13-2-4-16(19)15(12-13)18(20,21)22/h2-5,12,14H,6-11H2,1H3,(H,23,25). The summed E-state index contributed by atoms with van der Waals surface area (Å²) in [5.74, 6) is -0.286. The number of rotatable bonds is 6. The Morgan fingerprint density at radius 1 is 1.32 bits per heavy atom. The van der Waals surface area contributed by atoms with Gasteiger partial charge in [-0.15, -0.1) is 0 Å². The molecular formula is C18H22ClF3N2O3S. The lowest BCUT2D eigenvalue weighted by Gasteiger charge is -2.31. The van der Waals surface area contributed by atoms with E-state index in [0.717, 1.165) is 12.1 Å². The Morgan fingerprint density at radius 2 is 1.96 bits per heavy atom. The Bertz CT molecular complexity index is 833. The molecule has 156 valence electrons. The van der Waals surface area contributed by atoms with Crippen LogP contribution < -0.4 is 5.32 Å². The molecule has 1 heterocycles. The number of carbonyl (C=O) groups is 1. The van der Waals surface area contributed by atoms with Crippen molar-refractivity contribution in [3.8, 4) is 0 Å². The van der Waals surface area contributed by atoms with E-state index in [1.807, 2.05) is 4.90 Å². The van der Waals surface area contributed by atoms with E-state index in [1.54, 1.807) is 0 Å². The molecule has 1 fully saturated rings. The fourth-order valence-corrected chi connectivity index (χ4v) is 3.70. The van der Waals surface area contributed by atoms with E-state index in [2.05, 4.69) is 5.32 Å². The third kappa shape index (κ3) is 7.44. The van der Waals surface area contributed by atoms with E-state index in [-0.39, 0.29) is 17.4 Å². The highest BCUT2D eigenvalue weighted by Crippen LogP contribution is 2.35. The second-order valence-corrected chi connectivity index (χ2v) is 9.49. The molecule has 2 rings (SSSR count). The highest BCUT2D eigenvalue weighted by atomic mass is 35.5. The molecule has 1 saturated heterocycles. The van der Waals surface area contributed by atoms with Crippen molar-refractivity contribution >= 4 is 33.4 Å². The quantitative estimate of drug-likeness (QED) is 0.693. The Kier molecular flexibility index (Phi) is 7.52. The topological polar surface area (TPSA) is 66.5 Å². The molecule has 10 heteroatoms. The second kappa shape index (κ2) is 9.28. The molecule has 0 bridgehead atoms. The molecule has 5 nitrogen and oxygen atoms in total. The molecule has 0 spiro atoms. The van der Waals surface area contributed by atoms with Crippen LogP contribution >= 0.6 is 11.6 Å². The summed E-state index contributed by atoms with van der Waals surface area (Å²) in [4.78, 5) is 14.1. The van der Waals surface area contributed by atoms with E-state index in [1.165, 1.54) is 24.5 Å². The van der Waals surface area contributed by atoms with Crippen molar-refractivity contribution in [2.45, 2.75) is 25.1 Å². The first-order chi connectivity index (χ1) is 12.9. The molecule has 0 aromatic heterocycles. The van der Waals surface area contributed by atoms with Crippen LogP contribution in [-0.2, 0) is 20.8 Å². The van der Waals surface area contributed by atoms with Gasteiger partial charge in [-0.3, -0.25) is 4.79 Å². The van der Waals surface area contributed by atoms with Crippen molar-refractivity contribution in [2.24, 2.45) is 0 Å². The van der Waals surface area contributed by atoms with E-state index in [0.29, 0.717) is 32.5 Å². The Morgan fingerprint density at radius 3 is 2.54 bits per heavy atom. The molecule has 0 unspecified atom stereocenters. The van der Waals surface area contributed by atoms with Crippen LogP contribution in [0.1, 0.15) is 24.0 Å². The Balaban J connectivity index is 1.85. The van der Waals surface area contributed by atoms with Gasteiger partial charge in [0.05, 0.1) is 16.3 Å². The molecule has 1 aliphatic heterocycles. The molecule has 1 aromatic carbocycles. The summed E-state index contributed by atoms with van der Waals surface area (Å²) < 4.78 is 61.0. The number of alkyl halides is 3. The molecule has 28 heavy (non-hydrogen) atoms.